The van der Waals surface area contributed by atoms with Gasteiger partial charge in [0.1, 0.15) is 6.04 Å². The topological polar surface area (TPSA) is 140 Å². The second kappa shape index (κ2) is 11.9. The molecule has 1 aliphatic carbocycles. The zero-order chi connectivity index (χ0) is 31.2. The van der Waals surface area contributed by atoms with Crippen LogP contribution >= 0.6 is 0 Å². The van der Waals surface area contributed by atoms with Crippen LogP contribution in [0, 0.1) is 5.92 Å². The van der Waals surface area contributed by atoms with Crippen LogP contribution < -0.4 is 21.3 Å². The molecule has 10 heteroatoms. The highest BCUT2D eigenvalue weighted by Crippen LogP contribution is 2.50. The minimum absolute atomic E-state index is 0.0250. The van der Waals surface area contributed by atoms with Crippen LogP contribution in [0.1, 0.15) is 92.1 Å². The molecule has 4 aliphatic heterocycles. The van der Waals surface area contributed by atoms with Crippen molar-refractivity contribution < 1.29 is 28.7 Å². The van der Waals surface area contributed by atoms with Crippen LogP contribution in [0.5, 0.6) is 0 Å². The Labute approximate surface area is 263 Å². The number of nitrogens with zero attached hydrogens (tertiary/aromatic N) is 1. The normalized spacial score (nSPS) is 23.2. The molecule has 0 radical (unpaired) electrons. The van der Waals surface area contributed by atoms with Crippen LogP contribution in [-0.4, -0.2) is 56.1 Å². The number of benzene rings is 2. The molecule has 4 N–H and O–H groups in total. The Bertz CT molecular complexity index is 1520. The third kappa shape index (κ3) is 5.02. The number of hydrogen-bond donors (Lipinski definition) is 3. The first-order valence-electron chi connectivity index (χ1n) is 16.5. The van der Waals surface area contributed by atoms with E-state index in [1.165, 1.54) is 6.42 Å². The first-order valence-corrected chi connectivity index (χ1v) is 16.5. The molecule has 1 atom stereocenters. The Hall–Kier alpha value is -3.76. The van der Waals surface area contributed by atoms with E-state index in [0.717, 1.165) is 49.7 Å². The first-order chi connectivity index (χ1) is 21.8. The van der Waals surface area contributed by atoms with Crippen LogP contribution in [0.3, 0.4) is 0 Å². The third-order valence-corrected chi connectivity index (χ3v) is 11.0. The number of anilines is 3. The molecule has 1 unspecified atom stereocenters. The fourth-order valence-electron chi connectivity index (χ4n) is 8.51. The van der Waals surface area contributed by atoms with E-state index in [-0.39, 0.29) is 23.6 Å². The van der Waals surface area contributed by atoms with E-state index < -0.39 is 22.8 Å². The molecular weight excluding hydrogens is 572 g/mol. The summed E-state index contributed by atoms with van der Waals surface area (Å²) in [5.74, 6) is -1.03. The quantitative estimate of drug-likeness (QED) is 0.452. The minimum atomic E-state index is -0.806. The van der Waals surface area contributed by atoms with Gasteiger partial charge in [0.25, 0.3) is 0 Å². The molecule has 2 aromatic carbocycles. The molecule has 4 heterocycles. The summed E-state index contributed by atoms with van der Waals surface area (Å²) >= 11 is 0. The summed E-state index contributed by atoms with van der Waals surface area (Å²) in [6.45, 7) is 1.96. The van der Waals surface area contributed by atoms with Crippen molar-refractivity contribution in [2.45, 2.75) is 87.5 Å². The van der Waals surface area contributed by atoms with Crippen molar-refractivity contribution >= 4 is 40.7 Å². The smallest absolute Gasteiger partial charge is 0.248 e. The highest BCUT2D eigenvalue weighted by molar-refractivity contribution is 6.14. The van der Waals surface area contributed by atoms with E-state index in [4.69, 9.17) is 15.2 Å². The number of primary amides is 1. The van der Waals surface area contributed by atoms with Crippen molar-refractivity contribution in [2.75, 3.05) is 42.0 Å². The van der Waals surface area contributed by atoms with Crippen LogP contribution in [0.4, 0.5) is 17.1 Å². The molecule has 4 amide bonds. The monoisotopic (exact) mass is 614 g/mol. The summed E-state index contributed by atoms with van der Waals surface area (Å²) in [5.41, 5.74) is 8.26. The number of ether oxygens (including phenoxy) is 2. The van der Waals surface area contributed by atoms with Crippen molar-refractivity contribution in [3.8, 4) is 0 Å². The summed E-state index contributed by atoms with van der Waals surface area (Å²) in [6.07, 6.45) is 9.27. The van der Waals surface area contributed by atoms with Gasteiger partial charge in [-0.05, 0) is 79.8 Å². The largest absolute Gasteiger partial charge is 0.381 e. The third-order valence-electron chi connectivity index (χ3n) is 11.0. The van der Waals surface area contributed by atoms with Gasteiger partial charge in [0.15, 0.2) is 0 Å². The lowest BCUT2D eigenvalue weighted by Gasteiger charge is -2.37. The molecule has 1 saturated carbocycles. The van der Waals surface area contributed by atoms with Crippen molar-refractivity contribution in [1.82, 2.24) is 0 Å². The number of fused-ring (bicyclic) bond motifs is 4. The first kappa shape index (κ1) is 29.9. The predicted octanol–water partition coefficient (Wildman–Crippen LogP) is 4.55. The van der Waals surface area contributed by atoms with E-state index in [9.17, 15) is 19.2 Å². The van der Waals surface area contributed by atoms with E-state index in [1.807, 2.05) is 24.3 Å². The molecule has 3 fully saturated rings. The van der Waals surface area contributed by atoms with Gasteiger partial charge in [0.2, 0.25) is 23.6 Å². The lowest BCUT2D eigenvalue weighted by atomic mass is 9.75. The highest BCUT2D eigenvalue weighted by Gasteiger charge is 2.55. The number of amides is 4. The summed E-state index contributed by atoms with van der Waals surface area (Å²) in [4.78, 5) is 56.4. The standard InChI is InChI=1S/C35H42N4O6/c36-30(40)23-8-10-26-28(20-23)39(33(43)35(26)14-18-45-19-15-35)29(22-6-4-2-1-3-5-7-22)31(41)37-24-9-11-25-27(21-24)38-32(42)34(25)12-16-44-17-13-34/h8-11,20-22,29H,1-7,12-19H2,(H2,36,40)(H,37,41)(H,38,42). The molecule has 238 valence electrons. The number of carbonyl (C=O) groups is 4. The highest BCUT2D eigenvalue weighted by atomic mass is 16.5. The second-order valence-electron chi connectivity index (χ2n) is 13.4. The van der Waals surface area contributed by atoms with Gasteiger partial charge in [0, 0.05) is 49.1 Å². The van der Waals surface area contributed by atoms with Gasteiger partial charge < -0.3 is 25.8 Å². The van der Waals surface area contributed by atoms with Crippen molar-refractivity contribution in [3.63, 3.8) is 0 Å². The molecule has 2 saturated heterocycles. The molecule has 10 nitrogen and oxygen atoms in total. The Morgan fingerprint density at radius 2 is 1.47 bits per heavy atom. The van der Waals surface area contributed by atoms with Gasteiger partial charge in [0.05, 0.1) is 10.8 Å². The van der Waals surface area contributed by atoms with Crippen molar-refractivity contribution in [3.05, 3.63) is 53.1 Å². The lowest BCUT2D eigenvalue weighted by Crippen LogP contribution is -2.54. The van der Waals surface area contributed by atoms with Gasteiger partial charge in [-0.25, -0.2) is 0 Å². The van der Waals surface area contributed by atoms with Crippen molar-refractivity contribution in [2.24, 2.45) is 11.7 Å². The fraction of sp³-hybridized carbons (Fsp3) is 0.543. The average Bonchev–Trinajstić information content (AvgIpc) is 3.41. The number of carbonyl (C=O) groups excluding carboxylic acids is 4. The van der Waals surface area contributed by atoms with E-state index in [1.54, 1.807) is 17.0 Å². The van der Waals surface area contributed by atoms with Crippen LogP contribution in [0.2, 0.25) is 0 Å². The Kier molecular flexibility index (Phi) is 7.90. The molecule has 45 heavy (non-hydrogen) atoms. The molecule has 2 aromatic rings. The maximum absolute atomic E-state index is 14.7. The summed E-state index contributed by atoms with van der Waals surface area (Å²) in [6, 6.07) is 10.1. The van der Waals surface area contributed by atoms with Crippen LogP contribution in [0.25, 0.3) is 0 Å². The molecule has 0 aromatic heterocycles. The molecule has 7 rings (SSSR count). The second-order valence-corrected chi connectivity index (χ2v) is 13.4. The summed E-state index contributed by atoms with van der Waals surface area (Å²) < 4.78 is 11.2. The molecule has 5 aliphatic rings. The zero-order valence-electron chi connectivity index (χ0n) is 25.7. The average molecular weight is 615 g/mol. The Morgan fingerprint density at radius 1 is 0.844 bits per heavy atom. The predicted molar refractivity (Wildman–Crippen MR) is 169 cm³/mol. The van der Waals surface area contributed by atoms with E-state index >= 15 is 0 Å². The number of nitrogens with one attached hydrogen (secondary N) is 2. The van der Waals surface area contributed by atoms with Gasteiger partial charge >= 0.3 is 0 Å². The minimum Gasteiger partial charge on any atom is -0.381 e. The van der Waals surface area contributed by atoms with Crippen LogP contribution in [-0.2, 0) is 34.7 Å². The molecule has 2 spiro atoms. The summed E-state index contributed by atoms with van der Waals surface area (Å²) in [5, 5.41) is 6.19. The van der Waals surface area contributed by atoms with Gasteiger partial charge in [-0.15, -0.1) is 0 Å². The maximum atomic E-state index is 14.7. The lowest BCUT2D eigenvalue weighted by molar-refractivity contribution is -0.130. The number of rotatable bonds is 5. The van der Waals surface area contributed by atoms with E-state index in [0.29, 0.717) is 74.7 Å². The SMILES string of the molecule is NC(=O)c1ccc2c(c1)N(C(C(=O)Nc1ccc3c(c1)NC(=O)C31CCOCC1)C1CCCCCCC1)C(=O)C21CCOCC1. The van der Waals surface area contributed by atoms with Gasteiger partial charge in [-0.3, -0.25) is 24.1 Å². The zero-order valence-corrected chi connectivity index (χ0v) is 25.7. The van der Waals surface area contributed by atoms with Gasteiger partial charge in [-0.1, -0.05) is 44.2 Å². The number of hydrogen-bond acceptors (Lipinski definition) is 6. The Balaban J connectivity index is 1.27. The van der Waals surface area contributed by atoms with E-state index in [2.05, 4.69) is 10.6 Å². The maximum Gasteiger partial charge on any atom is 0.248 e. The number of nitrogens with two attached hydrogens (primary N) is 1. The molecule has 0 bridgehead atoms. The fourth-order valence-corrected chi connectivity index (χ4v) is 8.51. The summed E-state index contributed by atoms with van der Waals surface area (Å²) in [7, 11) is 0. The van der Waals surface area contributed by atoms with Crippen molar-refractivity contribution in [1.29, 1.82) is 0 Å². The Morgan fingerprint density at radius 3 is 2.13 bits per heavy atom. The van der Waals surface area contributed by atoms with Gasteiger partial charge in [-0.2, -0.15) is 0 Å². The van der Waals surface area contributed by atoms with Crippen LogP contribution in [0.15, 0.2) is 36.4 Å². The molecular formula is C35H42N4O6.